The Kier molecular flexibility index (Phi) is 3.34. The van der Waals surface area contributed by atoms with Crippen molar-refractivity contribution >= 4 is 23.1 Å². The number of rotatable bonds is 2. The van der Waals surface area contributed by atoms with Crippen molar-refractivity contribution in [2.75, 3.05) is 0 Å². The molecule has 1 aliphatic rings. The summed E-state index contributed by atoms with van der Waals surface area (Å²) in [7, 11) is 0. The first kappa shape index (κ1) is 14.0. The van der Waals surface area contributed by atoms with Crippen molar-refractivity contribution in [3.8, 4) is 0 Å². The Morgan fingerprint density at radius 1 is 0.913 bits per heavy atom. The highest BCUT2D eigenvalue weighted by atomic mass is 16.1. The fraction of sp³-hybridized carbons (Fsp3) is 0.136. The Balaban J connectivity index is 1.91. The van der Waals surface area contributed by atoms with Gasteiger partial charge in [-0.3, -0.25) is 4.79 Å². The minimum absolute atomic E-state index is 0.231. The van der Waals surface area contributed by atoms with E-state index in [1.807, 2.05) is 18.2 Å². The third-order valence-electron chi connectivity index (χ3n) is 4.96. The van der Waals surface area contributed by atoms with Crippen LogP contribution in [0.4, 0.5) is 0 Å². The molecule has 0 saturated heterocycles. The van der Waals surface area contributed by atoms with Crippen LogP contribution in [0, 0.1) is 0 Å². The molecule has 112 valence electrons. The summed E-state index contributed by atoms with van der Waals surface area (Å²) < 4.78 is 0. The Morgan fingerprint density at radius 3 is 2.57 bits per heavy atom. The van der Waals surface area contributed by atoms with Crippen LogP contribution in [0.3, 0.4) is 0 Å². The molecule has 1 heteroatoms. The van der Waals surface area contributed by atoms with Crippen LogP contribution in [0.2, 0.25) is 0 Å². The summed E-state index contributed by atoms with van der Waals surface area (Å²) in [5.41, 5.74) is 4.58. The Morgan fingerprint density at radius 2 is 1.70 bits per heavy atom. The zero-order valence-electron chi connectivity index (χ0n) is 13.1. The fourth-order valence-corrected chi connectivity index (χ4v) is 3.81. The molecule has 3 aromatic carbocycles. The molecule has 3 aromatic rings. The van der Waals surface area contributed by atoms with Crippen LogP contribution in [0.25, 0.3) is 16.8 Å². The van der Waals surface area contributed by atoms with E-state index in [-0.39, 0.29) is 5.92 Å². The van der Waals surface area contributed by atoms with E-state index >= 15 is 0 Å². The van der Waals surface area contributed by atoms with Gasteiger partial charge in [-0.15, -0.1) is 0 Å². The molecule has 1 nitrogen and oxygen atoms in total. The van der Waals surface area contributed by atoms with Gasteiger partial charge in [-0.1, -0.05) is 79.7 Å². The lowest BCUT2D eigenvalue weighted by atomic mass is 9.74. The zero-order valence-corrected chi connectivity index (χ0v) is 13.1. The second kappa shape index (κ2) is 5.51. The Hall–Kier alpha value is -2.67. The molecule has 0 fully saturated rings. The van der Waals surface area contributed by atoms with Gasteiger partial charge in [-0.05, 0) is 33.4 Å². The molecule has 0 aromatic heterocycles. The number of aldehydes is 1. The molecule has 2 atom stereocenters. The van der Waals surface area contributed by atoms with Crippen molar-refractivity contribution in [3.05, 3.63) is 89.0 Å². The molecule has 0 aliphatic heterocycles. The molecule has 0 spiro atoms. The number of allylic oxidation sites excluding steroid dienone is 1. The normalized spacial score (nSPS) is 19.5. The highest BCUT2D eigenvalue weighted by molar-refractivity contribution is 5.90. The summed E-state index contributed by atoms with van der Waals surface area (Å²) in [4.78, 5) is 11.4. The van der Waals surface area contributed by atoms with Gasteiger partial charge in [0.2, 0.25) is 0 Å². The van der Waals surface area contributed by atoms with Crippen LogP contribution in [0.15, 0.2) is 66.7 Å². The van der Waals surface area contributed by atoms with Crippen LogP contribution >= 0.6 is 0 Å². The lowest BCUT2D eigenvalue weighted by Gasteiger charge is -2.29. The summed E-state index contributed by atoms with van der Waals surface area (Å²) >= 11 is 0. The van der Waals surface area contributed by atoms with E-state index in [1.165, 1.54) is 21.9 Å². The Bertz CT molecular complexity index is 920. The van der Waals surface area contributed by atoms with Gasteiger partial charge in [0.1, 0.15) is 6.29 Å². The predicted octanol–water partition coefficient (Wildman–Crippen LogP) is 5.57. The molecule has 0 N–H and O–H groups in total. The molecule has 23 heavy (non-hydrogen) atoms. The number of hydrogen-bond donors (Lipinski definition) is 0. The van der Waals surface area contributed by atoms with Gasteiger partial charge < -0.3 is 0 Å². The first-order chi connectivity index (χ1) is 11.3. The number of fused-ring (bicyclic) bond motifs is 3. The van der Waals surface area contributed by atoms with Crippen molar-refractivity contribution in [2.45, 2.75) is 18.8 Å². The van der Waals surface area contributed by atoms with Gasteiger partial charge in [-0.2, -0.15) is 0 Å². The van der Waals surface area contributed by atoms with Crippen LogP contribution in [-0.4, -0.2) is 6.29 Å². The second-order valence-corrected chi connectivity index (χ2v) is 6.21. The Labute approximate surface area is 136 Å². The van der Waals surface area contributed by atoms with E-state index in [2.05, 4.69) is 61.5 Å². The number of benzene rings is 3. The van der Waals surface area contributed by atoms with E-state index < -0.39 is 0 Å². The zero-order chi connectivity index (χ0) is 15.8. The van der Waals surface area contributed by atoms with Crippen LogP contribution in [0.5, 0.6) is 0 Å². The largest absolute Gasteiger partial charge is 0.298 e. The smallest absolute Gasteiger partial charge is 0.150 e. The van der Waals surface area contributed by atoms with Gasteiger partial charge in [0.25, 0.3) is 0 Å². The van der Waals surface area contributed by atoms with Gasteiger partial charge in [-0.25, -0.2) is 0 Å². The van der Waals surface area contributed by atoms with E-state index in [9.17, 15) is 4.79 Å². The third-order valence-corrected chi connectivity index (χ3v) is 4.96. The van der Waals surface area contributed by atoms with E-state index in [4.69, 9.17) is 0 Å². The standard InChI is InChI=1S/C22H18O/c1-15-19(20-8-4-3-7-18(20)14-23)13-12-17-11-10-16-6-2-5-9-21(16)22(15)17/h2-15,19H,1H3. The molecule has 2 unspecified atom stereocenters. The minimum Gasteiger partial charge on any atom is -0.298 e. The van der Waals surface area contributed by atoms with Gasteiger partial charge in [0.05, 0.1) is 0 Å². The molecular formula is C22H18O. The third kappa shape index (κ3) is 2.20. The molecule has 0 heterocycles. The second-order valence-electron chi connectivity index (χ2n) is 6.21. The van der Waals surface area contributed by atoms with Crippen LogP contribution < -0.4 is 0 Å². The molecule has 0 amide bonds. The van der Waals surface area contributed by atoms with Gasteiger partial charge in [0.15, 0.2) is 0 Å². The minimum atomic E-state index is 0.231. The van der Waals surface area contributed by atoms with Gasteiger partial charge >= 0.3 is 0 Å². The van der Waals surface area contributed by atoms with Crippen LogP contribution in [0.1, 0.15) is 45.8 Å². The average molecular weight is 298 g/mol. The van der Waals surface area contributed by atoms with Crippen molar-refractivity contribution in [3.63, 3.8) is 0 Å². The maximum absolute atomic E-state index is 11.4. The first-order valence-electron chi connectivity index (χ1n) is 8.03. The van der Waals surface area contributed by atoms with Crippen LogP contribution in [-0.2, 0) is 0 Å². The maximum Gasteiger partial charge on any atom is 0.150 e. The van der Waals surface area contributed by atoms with E-state index in [0.717, 1.165) is 17.4 Å². The number of carbonyl (C=O) groups is 1. The fourth-order valence-electron chi connectivity index (χ4n) is 3.81. The SMILES string of the molecule is CC1c2c(ccc3ccccc23)C=CC1c1ccccc1C=O. The van der Waals surface area contributed by atoms with Gasteiger partial charge in [0, 0.05) is 11.5 Å². The lowest BCUT2D eigenvalue weighted by Crippen LogP contribution is -2.13. The summed E-state index contributed by atoms with van der Waals surface area (Å²) in [5, 5.41) is 2.59. The summed E-state index contributed by atoms with van der Waals surface area (Å²) in [6, 6.07) is 20.8. The lowest BCUT2D eigenvalue weighted by molar-refractivity contribution is 0.112. The summed E-state index contributed by atoms with van der Waals surface area (Å²) in [6.07, 6.45) is 5.41. The number of hydrogen-bond acceptors (Lipinski definition) is 1. The summed E-state index contributed by atoms with van der Waals surface area (Å²) in [6.45, 7) is 2.26. The monoisotopic (exact) mass is 298 g/mol. The average Bonchev–Trinajstić information content (AvgIpc) is 2.61. The first-order valence-corrected chi connectivity index (χ1v) is 8.03. The van der Waals surface area contributed by atoms with Crippen molar-refractivity contribution in [1.29, 1.82) is 0 Å². The molecule has 0 saturated carbocycles. The van der Waals surface area contributed by atoms with Crippen molar-refractivity contribution < 1.29 is 4.79 Å². The number of carbonyl (C=O) groups excluding carboxylic acids is 1. The molecule has 0 radical (unpaired) electrons. The summed E-state index contributed by atoms with van der Waals surface area (Å²) in [5.74, 6) is 0.567. The maximum atomic E-state index is 11.4. The predicted molar refractivity (Wildman–Crippen MR) is 96.0 cm³/mol. The topological polar surface area (TPSA) is 17.1 Å². The van der Waals surface area contributed by atoms with Crippen molar-refractivity contribution in [1.82, 2.24) is 0 Å². The molecule has 1 aliphatic carbocycles. The van der Waals surface area contributed by atoms with E-state index in [0.29, 0.717) is 5.92 Å². The quantitative estimate of drug-likeness (QED) is 0.565. The molecule has 0 bridgehead atoms. The van der Waals surface area contributed by atoms with E-state index in [1.54, 1.807) is 0 Å². The highest BCUT2D eigenvalue weighted by Crippen LogP contribution is 2.43. The highest BCUT2D eigenvalue weighted by Gasteiger charge is 2.26. The molecular weight excluding hydrogens is 280 g/mol. The van der Waals surface area contributed by atoms with Crippen molar-refractivity contribution in [2.24, 2.45) is 0 Å². The molecule has 4 rings (SSSR count).